The van der Waals surface area contributed by atoms with Crippen LogP contribution in [0.1, 0.15) is 23.6 Å². The molecule has 1 nitrogen and oxygen atoms in total. The Kier molecular flexibility index (Phi) is 4.65. The molecular formula is C15H15Cl2N. The summed E-state index contributed by atoms with van der Waals surface area (Å²) in [5.74, 6) is 0. The van der Waals surface area contributed by atoms with Crippen molar-refractivity contribution in [3.8, 4) is 0 Å². The standard InChI is InChI=1S/C15H15Cl2N/c16-12-7-4-8-13(17)15(12)14(18)10-9-11-5-2-1-3-6-11/h1-8,14H,9-10,18H2. The highest BCUT2D eigenvalue weighted by Gasteiger charge is 2.13. The normalized spacial score (nSPS) is 12.4. The SMILES string of the molecule is NC(CCc1ccccc1)c1c(Cl)cccc1Cl. The van der Waals surface area contributed by atoms with Crippen LogP contribution in [-0.4, -0.2) is 0 Å². The first kappa shape index (κ1) is 13.4. The minimum Gasteiger partial charge on any atom is -0.324 e. The zero-order valence-corrected chi connectivity index (χ0v) is 11.5. The molecule has 94 valence electrons. The first-order valence-corrected chi connectivity index (χ1v) is 6.67. The van der Waals surface area contributed by atoms with Crippen LogP contribution in [0, 0.1) is 0 Å². The second-order valence-corrected chi connectivity index (χ2v) is 5.08. The van der Waals surface area contributed by atoms with Crippen molar-refractivity contribution in [3.05, 3.63) is 69.7 Å². The van der Waals surface area contributed by atoms with E-state index in [2.05, 4.69) is 12.1 Å². The quantitative estimate of drug-likeness (QED) is 0.868. The van der Waals surface area contributed by atoms with Crippen LogP contribution >= 0.6 is 23.2 Å². The third-order valence-corrected chi connectivity index (χ3v) is 3.62. The first-order valence-electron chi connectivity index (χ1n) is 5.92. The first-order chi connectivity index (χ1) is 8.68. The van der Waals surface area contributed by atoms with Gasteiger partial charge in [0, 0.05) is 21.7 Å². The number of nitrogens with two attached hydrogens (primary N) is 1. The number of hydrogen-bond acceptors (Lipinski definition) is 1. The van der Waals surface area contributed by atoms with Gasteiger partial charge in [-0.25, -0.2) is 0 Å². The van der Waals surface area contributed by atoms with E-state index < -0.39 is 0 Å². The van der Waals surface area contributed by atoms with Crippen molar-refractivity contribution in [2.75, 3.05) is 0 Å². The van der Waals surface area contributed by atoms with Crippen LogP contribution in [0.5, 0.6) is 0 Å². The number of rotatable bonds is 4. The van der Waals surface area contributed by atoms with Crippen molar-refractivity contribution in [3.63, 3.8) is 0 Å². The van der Waals surface area contributed by atoms with Crippen LogP contribution in [0.15, 0.2) is 48.5 Å². The van der Waals surface area contributed by atoms with E-state index in [0.29, 0.717) is 10.0 Å². The molecule has 3 heteroatoms. The minimum absolute atomic E-state index is 0.133. The molecule has 0 radical (unpaired) electrons. The van der Waals surface area contributed by atoms with Gasteiger partial charge in [0.25, 0.3) is 0 Å². The van der Waals surface area contributed by atoms with Gasteiger partial charge in [-0.1, -0.05) is 59.6 Å². The fourth-order valence-corrected chi connectivity index (χ4v) is 2.65. The van der Waals surface area contributed by atoms with Crippen molar-refractivity contribution in [2.45, 2.75) is 18.9 Å². The van der Waals surface area contributed by atoms with E-state index in [1.54, 1.807) is 0 Å². The van der Waals surface area contributed by atoms with Gasteiger partial charge in [0.1, 0.15) is 0 Å². The van der Waals surface area contributed by atoms with Crippen molar-refractivity contribution in [1.82, 2.24) is 0 Å². The zero-order chi connectivity index (χ0) is 13.0. The number of aryl methyl sites for hydroxylation is 1. The summed E-state index contributed by atoms with van der Waals surface area (Å²) in [7, 11) is 0. The molecule has 0 aliphatic carbocycles. The van der Waals surface area contributed by atoms with Gasteiger partial charge in [-0.15, -0.1) is 0 Å². The molecule has 2 rings (SSSR count). The molecule has 0 spiro atoms. The van der Waals surface area contributed by atoms with E-state index in [1.165, 1.54) is 5.56 Å². The summed E-state index contributed by atoms with van der Waals surface area (Å²) < 4.78 is 0. The van der Waals surface area contributed by atoms with Crippen LogP contribution < -0.4 is 5.73 Å². The predicted molar refractivity (Wildman–Crippen MR) is 78.2 cm³/mol. The molecule has 0 saturated heterocycles. The minimum atomic E-state index is -0.133. The number of halogens is 2. The Bertz CT molecular complexity index is 491. The lowest BCUT2D eigenvalue weighted by atomic mass is 9.99. The van der Waals surface area contributed by atoms with Crippen molar-refractivity contribution < 1.29 is 0 Å². The van der Waals surface area contributed by atoms with E-state index in [1.807, 2.05) is 36.4 Å². The molecule has 0 bridgehead atoms. The Morgan fingerprint density at radius 2 is 1.50 bits per heavy atom. The van der Waals surface area contributed by atoms with Gasteiger partial charge < -0.3 is 5.73 Å². The predicted octanol–water partition coefficient (Wildman–Crippen LogP) is 4.63. The fraction of sp³-hybridized carbons (Fsp3) is 0.200. The maximum absolute atomic E-state index is 6.18. The van der Waals surface area contributed by atoms with E-state index in [-0.39, 0.29) is 6.04 Å². The highest BCUT2D eigenvalue weighted by Crippen LogP contribution is 2.31. The van der Waals surface area contributed by atoms with Gasteiger partial charge >= 0.3 is 0 Å². The summed E-state index contributed by atoms with van der Waals surface area (Å²) in [4.78, 5) is 0. The summed E-state index contributed by atoms with van der Waals surface area (Å²) >= 11 is 12.3. The van der Waals surface area contributed by atoms with Gasteiger partial charge in [-0.3, -0.25) is 0 Å². The Hall–Kier alpha value is -1.02. The second-order valence-electron chi connectivity index (χ2n) is 4.27. The molecule has 0 aliphatic heterocycles. The van der Waals surface area contributed by atoms with E-state index in [4.69, 9.17) is 28.9 Å². The molecule has 18 heavy (non-hydrogen) atoms. The molecule has 1 unspecified atom stereocenters. The zero-order valence-electron chi connectivity index (χ0n) is 9.94. The lowest BCUT2D eigenvalue weighted by molar-refractivity contribution is 0.652. The highest BCUT2D eigenvalue weighted by atomic mass is 35.5. The smallest absolute Gasteiger partial charge is 0.0468 e. The summed E-state index contributed by atoms with van der Waals surface area (Å²) in [5, 5.41) is 1.28. The molecule has 2 aromatic carbocycles. The lowest BCUT2D eigenvalue weighted by Crippen LogP contribution is -2.12. The summed E-state index contributed by atoms with van der Waals surface area (Å²) in [5.41, 5.74) is 8.29. The molecular weight excluding hydrogens is 265 g/mol. The van der Waals surface area contributed by atoms with Gasteiger partial charge in [-0.2, -0.15) is 0 Å². The van der Waals surface area contributed by atoms with Gasteiger partial charge in [0.2, 0.25) is 0 Å². The van der Waals surface area contributed by atoms with Gasteiger partial charge in [-0.05, 0) is 30.5 Å². The molecule has 0 saturated carbocycles. The number of hydrogen-bond donors (Lipinski definition) is 1. The van der Waals surface area contributed by atoms with Crippen LogP contribution in [0.25, 0.3) is 0 Å². The summed E-state index contributed by atoms with van der Waals surface area (Å²) in [6.45, 7) is 0. The Morgan fingerprint density at radius 1 is 0.889 bits per heavy atom. The van der Waals surface area contributed by atoms with Gasteiger partial charge in [0.15, 0.2) is 0 Å². The molecule has 2 aromatic rings. The van der Waals surface area contributed by atoms with Gasteiger partial charge in [0.05, 0.1) is 0 Å². The Morgan fingerprint density at radius 3 is 2.11 bits per heavy atom. The highest BCUT2D eigenvalue weighted by molar-refractivity contribution is 6.36. The van der Waals surface area contributed by atoms with Crippen molar-refractivity contribution in [2.24, 2.45) is 5.73 Å². The molecule has 0 aromatic heterocycles. The van der Waals surface area contributed by atoms with E-state index in [0.717, 1.165) is 18.4 Å². The van der Waals surface area contributed by atoms with E-state index in [9.17, 15) is 0 Å². The molecule has 0 fully saturated rings. The molecule has 0 heterocycles. The topological polar surface area (TPSA) is 26.0 Å². The van der Waals surface area contributed by atoms with Crippen molar-refractivity contribution in [1.29, 1.82) is 0 Å². The maximum Gasteiger partial charge on any atom is 0.0468 e. The molecule has 0 amide bonds. The van der Waals surface area contributed by atoms with E-state index >= 15 is 0 Å². The van der Waals surface area contributed by atoms with Crippen LogP contribution in [0.4, 0.5) is 0 Å². The second kappa shape index (κ2) is 6.24. The monoisotopic (exact) mass is 279 g/mol. The maximum atomic E-state index is 6.18. The Balaban J connectivity index is 2.06. The average molecular weight is 280 g/mol. The largest absolute Gasteiger partial charge is 0.324 e. The third kappa shape index (κ3) is 3.26. The lowest BCUT2D eigenvalue weighted by Gasteiger charge is -2.15. The number of benzene rings is 2. The fourth-order valence-electron chi connectivity index (χ4n) is 1.98. The molecule has 1 atom stereocenters. The molecule has 0 aliphatic rings. The molecule has 2 N–H and O–H groups in total. The van der Waals surface area contributed by atoms with Crippen LogP contribution in [-0.2, 0) is 6.42 Å². The van der Waals surface area contributed by atoms with Crippen LogP contribution in [0.2, 0.25) is 10.0 Å². The summed E-state index contributed by atoms with van der Waals surface area (Å²) in [6, 6.07) is 15.6. The Labute approximate surface area is 118 Å². The average Bonchev–Trinajstić information content (AvgIpc) is 2.37. The third-order valence-electron chi connectivity index (χ3n) is 2.96. The summed E-state index contributed by atoms with van der Waals surface area (Å²) in [6.07, 6.45) is 1.75. The van der Waals surface area contributed by atoms with Crippen LogP contribution in [0.3, 0.4) is 0 Å². The van der Waals surface area contributed by atoms with Crippen molar-refractivity contribution >= 4 is 23.2 Å².